The van der Waals surface area contributed by atoms with Gasteiger partial charge in [-0.2, -0.15) is 0 Å². The highest BCUT2D eigenvalue weighted by molar-refractivity contribution is 6.17. The van der Waals surface area contributed by atoms with E-state index in [1.807, 2.05) is 4.98 Å². The number of H-pyrrole nitrogens is 1. The maximum absolute atomic E-state index is 12.4. The zero-order valence-corrected chi connectivity index (χ0v) is 7.81. The molecule has 1 rings (SSSR count). The number of hydrogen-bond donors (Lipinski definition) is 2. The summed E-state index contributed by atoms with van der Waals surface area (Å²) in [6.07, 6.45) is -2.83. The molecule has 2 N–H and O–H groups in total. The number of hydrogen-bond acceptors (Lipinski definition) is 2. The van der Waals surface area contributed by atoms with Gasteiger partial charge in [0.05, 0.1) is 12.3 Å². The van der Waals surface area contributed by atoms with Crippen molar-refractivity contribution < 1.29 is 13.9 Å². The van der Waals surface area contributed by atoms with Crippen molar-refractivity contribution in [2.24, 2.45) is 0 Å². The van der Waals surface area contributed by atoms with Crippen LogP contribution in [0.15, 0.2) is 10.9 Å². The van der Waals surface area contributed by atoms with E-state index in [0.717, 1.165) is 6.07 Å². The lowest BCUT2D eigenvalue weighted by Gasteiger charge is -2.09. The molecule has 0 unspecified atom stereocenters. The average Bonchev–Trinajstić information content (AvgIpc) is 2.16. The fourth-order valence-electron chi connectivity index (χ4n) is 1.15. The molecule has 0 atom stereocenters. The van der Waals surface area contributed by atoms with E-state index in [0.29, 0.717) is 0 Å². The summed E-state index contributed by atoms with van der Waals surface area (Å²) < 4.78 is 24.8. The Balaban J connectivity index is 3.39. The van der Waals surface area contributed by atoms with Crippen LogP contribution in [0.4, 0.5) is 8.78 Å². The van der Waals surface area contributed by atoms with Crippen LogP contribution in [0.2, 0.25) is 0 Å². The Kier molecular flexibility index (Phi) is 3.60. The van der Waals surface area contributed by atoms with Gasteiger partial charge in [-0.15, -0.1) is 11.6 Å². The van der Waals surface area contributed by atoms with E-state index in [2.05, 4.69) is 0 Å². The fraction of sp³-hybridized carbons (Fsp3) is 0.375. The first-order valence-electron chi connectivity index (χ1n) is 3.80. The average molecular weight is 224 g/mol. The summed E-state index contributed by atoms with van der Waals surface area (Å²) in [5.41, 5.74) is -0.980. The van der Waals surface area contributed by atoms with E-state index in [1.165, 1.54) is 0 Å². The van der Waals surface area contributed by atoms with Crippen LogP contribution < -0.4 is 5.56 Å². The maximum atomic E-state index is 12.4. The first kappa shape index (κ1) is 11.1. The number of alkyl halides is 3. The fourth-order valence-corrected chi connectivity index (χ4v) is 1.39. The second kappa shape index (κ2) is 4.52. The van der Waals surface area contributed by atoms with Gasteiger partial charge in [0.15, 0.2) is 0 Å². The van der Waals surface area contributed by atoms with Gasteiger partial charge in [-0.05, 0) is 5.56 Å². The van der Waals surface area contributed by atoms with E-state index in [9.17, 15) is 13.6 Å². The van der Waals surface area contributed by atoms with Crippen LogP contribution in [-0.4, -0.2) is 10.1 Å². The van der Waals surface area contributed by atoms with E-state index in [-0.39, 0.29) is 17.0 Å². The molecule has 0 amide bonds. The molecule has 0 aliphatic carbocycles. The number of aromatic amines is 1. The maximum Gasteiger partial charge on any atom is 0.278 e. The number of pyridine rings is 1. The summed E-state index contributed by atoms with van der Waals surface area (Å²) in [7, 11) is 0. The molecule has 0 aromatic carbocycles. The molecule has 6 heteroatoms. The molecular weight excluding hydrogens is 216 g/mol. The second-order valence-electron chi connectivity index (χ2n) is 2.64. The predicted octanol–water partition coefficient (Wildman–Crippen LogP) is 1.54. The van der Waals surface area contributed by atoms with Crippen molar-refractivity contribution in [1.29, 1.82) is 0 Å². The highest BCUT2D eigenvalue weighted by atomic mass is 35.5. The van der Waals surface area contributed by atoms with Crippen LogP contribution in [0, 0.1) is 0 Å². The van der Waals surface area contributed by atoms with Crippen molar-refractivity contribution in [2.75, 3.05) is 0 Å². The van der Waals surface area contributed by atoms with Gasteiger partial charge >= 0.3 is 0 Å². The van der Waals surface area contributed by atoms with Gasteiger partial charge in [-0.1, -0.05) is 0 Å². The summed E-state index contributed by atoms with van der Waals surface area (Å²) in [6, 6.07) is 1.10. The number of aliphatic hydroxyl groups excluding tert-OH is 1. The lowest BCUT2D eigenvalue weighted by Crippen LogP contribution is -2.14. The highest BCUT2D eigenvalue weighted by Gasteiger charge is 2.16. The molecule has 0 bridgehead atoms. The van der Waals surface area contributed by atoms with Crippen molar-refractivity contribution in [3.8, 4) is 0 Å². The minimum absolute atomic E-state index is 0.00500. The number of rotatable bonds is 3. The summed E-state index contributed by atoms with van der Waals surface area (Å²) in [6.45, 7) is -0.571. The Morgan fingerprint density at radius 3 is 2.64 bits per heavy atom. The third-order valence-electron chi connectivity index (χ3n) is 1.80. The van der Waals surface area contributed by atoms with Crippen LogP contribution >= 0.6 is 11.6 Å². The minimum atomic E-state index is -2.83. The van der Waals surface area contributed by atoms with Crippen molar-refractivity contribution >= 4 is 11.6 Å². The Morgan fingerprint density at radius 2 is 2.21 bits per heavy atom. The zero-order chi connectivity index (χ0) is 10.7. The lowest BCUT2D eigenvalue weighted by atomic mass is 10.1. The molecular formula is C8H8ClF2NO2. The van der Waals surface area contributed by atoms with Crippen molar-refractivity contribution in [3.63, 3.8) is 0 Å². The van der Waals surface area contributed by atoms with Gasteiger partial charge in [0.1, 0.15) is 0 Å². The summed E-state index contributed by atoms with van der Waals surface area (Å²) in [5, 5.41) is 8.86. The van der Waals surface area contributed by atoms with Gasteiger partial charge < -0.3 is 10.1 Å². The molecule has 1 aromatic rings. The van der Waals surface area contributed by atoms with Crippen molar-refractivity contribution in [1.82, 2.24) is 4.98 Å². The molecule has 3 nitrogen and oxygen atoms in total. The first-order valence-corrected chi connectivity index (χ1v) is 4.33. The molecule has 1 heterocycles. The molecule has 0 radical (unpaired) electrons. The smallest absolute Gasteiger partial charge is 0.278 e. The zero-order valence-electron chi connectivity index (χ0n) is 7.06. The molecule has 0 saturated heterocycles. The number of aliphatic hydroxyl groups is 1. The largest absolute Gasteiger partial charge is 0.392 e. The molecule has 0 fully saturated rings. The Hall–Kier alpha value is -0.940. The van der Waals surface area contributed by atoms with Crippen LogP contribution in [0.1, 0.15) is 23.2 Å². The van der Waals surface area contributed by atoms with Gasteiger partial charge in [0.2, 0.25) is 5.56 Å². The monoisotopic (exact) mass is 223 g/mol. The van der Waals surface area contributed by atoms with E-state index in [4.69, 9.17) is 16.7 Å². The van der Waals surface area contributed by atoms with E-state index in [1.54, 1.807) is 0 Å². The van der Waals surface area contributed by atoms with Gasteiger partial charge in [-0.25, -0.2) is 8.78 Å². The second-order valence-corrected chi connectivity index (χ2v) is 2.91. The van der Waals surface area contributed by atoms with E-state index >= 15 is 0 Å². The molecule has 0 aliphatic heterocycles. The lowest BCUT2D eigenvalue weighted by molar-refractivity contribution is 0.141. The van der Waals surface area contributed by atoms with Crippen LogP contribution in [0.25, 0.3) is 0 Å². The summed E-state index contributed by atoms with van der Waals surface area (Å²) in [4.78, 5) is 12.9. The Labute approximate surface area is 83.3 Å². The van der Waals surface area contributed by atoms with Crippen LogP contribution in [-0.2, 0) is 12.5 Å². The topological polar surface area (TPSA) is 53.1 Å². The number of nitrogens with one attached hydrogen (secondary N) is 1. The molecule has 14 heavy (non-hydrogen) atoms. The third kappa shape index (κ3) is 2.10. The Morgan fingerprint density at radius 1 is 1.57 bits per heavy atom. The van der Waals surface area contributed by atoms with Crippen molar-refractivity contribution in [2.45, 2.75) is 18.9 Å². The molecule has 0 spiro atoms. The normalized spacial score (nSPS) is 10.9. The molecule has 1 aromatic heterocycles. The van der Waals surface area contributed by atoms with E-state index < -0.39 is 24.3 Å². The van der Waals surface area contributed by atoms with Gasteiger partial charge in [-0.3, -0.25) is 4.79 Å². The number of aromatic nitrogens is 1. The summed E-state index contributed by atoms with van der Waals surface area (Å²) >= 11 is 5.45. The first-order chi connectivity index (χ1) is 6.60. The van der Waals surface area contributed by atoms with Gasteiger partial charge in [0, 0.05) is 17.5 Å². The number of halogens is 3. The molecule has 0 aliphatic rings. The molecule has 78 valence electrons. The quantitative estimate of drug-likeness (QED) is 0.764. The standard InChI is InChI=1S/C8H8ClF2NO2/c9-2-4-1-6(14)12-7(8(10)11)5(4)3-13/h1,8,13H,2-3H2,(H,12,14). The third-order valence-corrected chi connectivity index (χ3v) is 2.08. The Bertz CT molecular complexity index is 378. The van der Waals surface area contributed by atoms with Crippen LogP contribution in [0.5, 0.6) is 0 Å². The molecule has 0 saturated carbocycles. The minimum Gasteiger partial charge on any atom is -0.392 e. The predicted molar refractivity (Wildman–Crippen MR) is 47.5 cm³/mol. The van der Waals surface area contributed by atoms with Gasteiger partial charge in [0.25, 0.3) is 6.43 Å². The SMILES string of the molecule is O=c1cc(CCl)c(CO)c(C(F)F)[nH]1. The summed E-state index contributed by atoms with van der Waals surface area (Å²) in [5.74, 6) is -0.0838. The van der Waals surface area contributed by atoms with Crippen molar-refractivity contribution in [3.05, 3.63) is 33.2 Å². The van der Waals surface area contributed by atoms with Crippen LogP contribution in [0.3, 0.4) is 0 Å². The highest BCUT2D eigenvalue weighted by Crippen LogP contribution is 2.22.